The number of unbranched alkanes of at least 4 members (excludes halogenated alkanes) is 2. The van der Waals surface area contributed by atoms with Gasteiger partial charge in [-0.2, -0.15) is 0 Å². The van der Waals surface area contributed by atoms with E-state index in [4.69, 9.17) is 4.74 Å². The second-order valence-electron chi connectivity index (χ2n) is 8.04. The van der Waals surface area contributed by atoms with E-state index in [1.807, 2.05) is 13.8 Å². The third kappa shape index (κ3) is 14.4. The molecular weight excluding hydrogens is 418 g/mol. The molecule has 0 bridgehead atoms. The van der Waals surface area contributed by atoms with E-state index < -0.39 is 35.8 Å². The van der Waals surface area contributed by atoms with Crippen LogP contribution in [0.4, 0.5) is 0 Å². The second kappa shape index (κ2) is 17.0. The van der Waals surface area contributed by atoms with Gasteiger partial charge in [-0.3, -0.25) is 14.4 Å². The van der Waals surface area contributed by atoms with Gasteiger partial charge in [-0.1, -0.05) is 46.5 Å². The number of nitrogens with one attached hydrogen (secondary N) is 3. The van der Waals surface area contributed by atoms with Crippen molar-refractivity contribution in [3.05, 3.63) is 0 Å². The Kier molecular flexibility index (Phi) is 15.6. The molecule has 0 aliphatic rings. The lowest BCUT2D eigenvalue weighted by atomic mass is 10.00. The van der Waals surface area contributed by atoms with Gasteiger partial charge in [-0.15, -0.1) is 0 Å². The van der Waals surface area contributed by atoms with Crippen molar-refractivity contribution >= 4 is 29.7 Å². The summed E-state index contributed by atoms with van der Waals surface area (Å²) in [4.78, 5) is 59.0. The molecule has 0 rings (SSSR count). The SMILES string of the molecule is CCCCOC(=O)[C@@H](C)NC(=O)CNC(=O)CC[C@@H](NC(=O)C[C@@H](C)CCCC)C(=O)O. The average molecular weight is 458 g/mol. The van der Waals surface area contributed by atoms with E-state index in [0.29, 0.717) is 0 Å². The number of carbonyl (C=O) groups excluding carboxylic acids is 4. The van der Waals surface area contributed by atoms with Crippen LogP contribution in [0.3, 0.4) is 0 Å². The Morgan fingerprint density at radius 3 is 2.12 bits per heavy atom. The Balaban J connectivity index is 4.31. The Morgan fingerprint density at radius 2 is 1.53 bits per heavy atom. The summed E-state index contributed by atoms with van der Waals surface area (Å²) < 4.78 is 5.00. The molecule has 10 nitrogen and oxygen atoms in total. The lowest BCUT2D eigenvalue weighted by Gasteiger charge is -2.17. The fourth-order valence-electron chi connectivity index (χ4n) is 2.82. The Morgan fingerprint density at radius 1 is 0.875 bits per heavy atom. The number of amides is 3. The van der Waals surface area contributed by atoms with Crippen molar-refractivity contribution in [2.24, 2.45) is 5.92 Å². The summed E-state index contributed by atoms with van der Waals surface area (Å²) in [5.41, 5.74) is 0. The first-order valence-corrected chi connectivity index (χ1v) is 11.3. The third-order valence-electron chi connectivity index (χ3n) is 4.80. The molecule has 0 fully saturated rings. The maximum Gasteiger partial charge on any atom is 0.328 e. The third-order valence-corrected chi connectivity index (χ3v) is 4.80. The second-order valence-corrected chi connectivity index (χ2v) is 8.04. The van der Waals surface area contributed by atoms with Crippen LogP contribution >= 0.6 is 0 Å². The molecule has 0 saturated heterocycles. The molecular formula is C22H39N3O7. The van der Waals surface area contributed by atoms with Crippen molar-refractivity contribution in [3.63, 3.8) is 0 Å². The average Bonchev–Trinajstić information content (AvgIpc) is 2.73. The molecule has 32 heavy (non-hydrogen) atoms. The molecule has 0 saturated carbocycles. The van der Waals surface area contributed by atoms with Gasteiger partial charge in [0.1, 0.15) is 12.1 Å². The van der Waals surface area contributed by atoms with Crippen LogP contribution < -0.4 is 16.0 Å². The largest absolute Gasteiger partial charge is 0.480 e. The van der Waals surface area contributed by atoms with Crippen molar-refractivity contribution in [1.82, 2.24) is 16.0 Å². The van der Waals surface area contributed by atoms with Gasteiger partial charge in [0.15, 0.2) is 0 Å². The zero-order valence-corrected chi connectivity index (χ0v) is 19.7. The smallest absolute Gasteiger partial charge is 0.328 e. The van der Waals surface area contributed by atoms with Gasteiger partial charge >= 0.3 is 11.9 Å². The first kappa shape index (κ1) is 29.4. The number of aliphatic carboxylic acids is 1. The molecule has 0 aromatic heterocycles. The standard InChI is InChI=1S/C22H39N3O7/c1-5-7-9-15(3)13-19(27)25-17(21(29)30)10-11-18(26)23-14-20(28)24-16(4)22(31)32-12-8-6-2/h15-17H,5-14H2,1-4H3,(H,23,26)(H,24,28)(H,25,27)(H,29,30)/t15-,16+,17+/m0/s1. The normalized spacial score (nSPS) is 13.4. The maximum absolute atomic E-state index is 12.1. The first-order valence-electron chi connectivity index (χ1n) is 11.3. The van der Waals surface area contributed by atoms with E-state index in [-0.39, 0.29) is 44.2 Å². The van der Waals surface area contributed by atoms with Gasteiger partial charge in [0.2, 0.25) is 17.7 Å². The van der Waals surface area contributed by atoms with Crippen LogP contribution in [-0.2, 0) is 28.7 Å². The zero-order chi connectivity index (χ0) is 24.5. The van der Waals surface area contributed by atoms with E-state index in [0.717, 1.165) is 32.1 Å². The summed E-state index contributed by atoms with van der Waals surface area (Å²) >= 11 is 0. The number of ether oxygens (including phenoxy) is 1. The highest BCUT2D eigenvalue weighted by atomic mass is 16.5. The summed E-state index contributed by atoms with van der Waals surface area (Å²) in [6, 6.07) is -2.03. The Labute approximate surface area is 190 Å². The molecule has 0 aromatic rings. The van der Waals surface area contributed by atoms with Gasteiger partial charge in [-0.05, 0) is 25.7 Å². The quantitative estimate of drug-likeness (QED) is 0.191. The summed E-state index contributed by atoms with van der Waals surface area (Å²) in [6.07, 6.45) is 4.49. The van der Waals surface area contributed by atoms with Crippen LogP contribution in [0, 0.1) is 5.92 Å². The molecule has 0 spiro atoms. The summed E-state index contributed by atoms with van der Waals surface area (Å²) in [5, 5.41) is 16.6. The highest BCUT2D eigenvalue weighted by molar-refractivity contribution is 5.88. The van der Waals surface area contributed by atoms with Crippen LogP contribution in [0.2, 0.25) is 0 Å². The Hall–Kier alpha value is -2.65. The molecule has 0 heterocycles. The van der Waals surface area contributed by atoms with Gasteiger partial charge < -0.3 is 25.8 Å². The molecule has 4 N–H and O–H groups in total. The lowest BCUT2D eigenvalue weighted by molar-refractivity contribution is -0.147. The molecule has 0 aliphatic heterocycles. The van der Waals surface area contributed by atoms with E-state index in [2.05, 4.69) is 22.9 Å². The van der Waals surface area contributed by atoms with Crippen LogP contribution in [0.1, 0.15) is 79.1 Å². The summed E-state index contributed by atoms with van der Waals surface area (Å²) in [7, 11) is 0. The number of rotatable bonds is 17. The molecule has 3 amide bonds. The number of carboxylic acids is 1. The molecule has 0 aromatic carbocycles. The lowest BCUT2D eigenvalue weighted by Crippen LogP contribution is -2.45. The van der Waals surface area contributed by atoms with Crippen LogP contribution in [0.25, 0.3) is 0 Å². The van der Waals surface area contributed by atoms with Crippen LogP contribution in [0.5, 0.6) is 0 Å². The number of esters is 1. The predicted octanol–water partition coefficient (Wildman–Crippen LogP) is 1.52. The van der Waals surface area contributed by atoms with Gasteiger partial charge in [0, 0.05) is 12.8 Å². The van der Waals surface area contributed by atoms with Crippen molar-refractivity contribution in [2.75, 3.05) is 13.2 Å². The molecule has 3 atom stereocenters. The minimum Gasteiger partial charge on any atom is -0.480 e. The van der Waals surface area contributed by atoms with Crippen molar-refractivity contribution in [2.45, 2.75) is 91.1 Å². The number of carbonyl (C=O) groups is 5. The predicted molar refractivity (Wildman–Crippen MR) is 119 cm³/mol. The summed E-state index contributed by atoms with van der Waals surface area (Å²) in [6.45, 7) is 7.37. The molecule has 0 unspecified atom stereocenters. The van der Waals surface area contributed by atoms with E-state index in [9.17, 15) is 29.1 Å². The van der Waals surface area contributed by atoms with E-state index in [1.54, 1.807) is 0 Å². The molecule has 0 aliphatic carbocycles. The maximum atomic E-state index is 12.1. The van der Waals surface area contributed by atoms with Gasteiger partial charge in [0.05, 0.1) is 13.2 Å². The van der Waals surface area contributed by atoms with Crippen molar-refractivity contribution in [3.8, 4) is 0 Å². The minimum atomic E-state index is -1.22. The van der Waals surface area contributed by atoms with Crippen LogP contribution in [-0.4, -0.2) is 60.0 Å². The molecule has 0 radical (unpaired) electrons. The number of hydrogen-bond acceptors (Lipinski definition) is 6. The Bertz CT molecular complexity index is 625. The highest BCUT2D eigenvalue weighted by Crippen LogP contribution is 2.12. The zero-order valence-electron chi connectivity index (χ0n) is 19.7. The minimum absolute atomic E-state index is 0.0992. The number of carboxylic acid groups (broad SMARTS) is 1. The topological polar surface area (TPSA) is 151 Å². The summed E-state index contributed by atoms with van der Waals surface area (Å²) in [5.74, 6) is -3.08. The van der Waals surface area contributed by atoms with Crippen molar-refractivity contribution < 1.29 is 33.8 Å². The van der Waals surface area contributed by atoms with Crippen LogP contribution in [0.15, 0.2) is 0 Å². The van der Waals surface area contributed by atoms with E-state index in [1.165, 1.54) is 6.92 Å². The fourth-order valence-corrected chi connectivity index (χ4v) is 2.82. The van der Waals surface area contributed by atoms with Gasteiger partial charge in [-0.25, -0.2) is 9.59 Å². The highest BCUT2D eigenvalue weighted by Gasteiger charge is 2.22. The molecule has 184 valence electrons. The number of hydrogen-bond donors (Lipinski definition) is 4. The van der Waals surface area contributed by atoms with Gasteiger partial charge in [0.25, 0.3) is 0 Å². The molecule has 10 heteroatoms. The van der Waals surface area contributed by atoms with E-state index >= 15 is 0 Å². The monoisotopic (exact) mass is 457 g/mol. The fraction of sp³-hybridized carbons (Fsp3) is 0.773. The van der Waals surface area contributed by atoms with Crippen molar-refractivity contribution in [1.29, 1.82) is 0 Å². The first-order chi connectivity index (χ1) is 15.1.